The van der Waals surface area contributed by atoms with Gasteiger partial charge in [-0.3, -0.25) is 4.79 Å². The molecule has 0 bridgehead atoms. The first kappa shape index (κ1) is 16.9. The predicted octanol–water partition coefficient (Wildman–Crippen LogP) is 2.17. The molecular formula is C16H21NO4. The van der Waals surface area contributed by atoms with Crippen LogP contribution in [0.15, 0.2) is 30.3 Å². The number of nitrogens with zero attached hydrogens (tertiary/aromatic N) is 1. The number of hydrogen-bond donors (Lipinski definition) is 1. The number of amides is 1. The highest BCUT2D eigenvalue weighted by molar-refractivity contribution is 5.85. The van der Waals surface area contributed by atoms with Gasteiger partial charge < -0.3 is 14.7 Å². The van der Waals surface area contributed by atoms with E-state index in [1.807, 2.05) is 31.2 Å². The molecule has 114 valence electrons. The second-order valence-electron chi connectivity index (χ2n) is 4.61. The SMILES string of the molecule is CCOCCC(=O)N(C)Cc1cccc(C=CC(=O)O)c1. The fourth-order valence-corrected chi connectivity index (χ4v) is 1.82. The van der Waals surface area contributed by atoms with Crippen molar-refractivity contribution >= 4 is 18.0 Å². The van der Waals surface area contributed by atoms with E-state index in [1.54, 1.807) is 11.9 Å². The topological polar surface area (TPSA) is 66.8 Å². The molecule has 5 heteroatoms. The Morgan fingerprint density at radius 3 is 2.81 bits per heavy atom. The molecule has 0 aromatic heterocycles. The zero-order chi connectivity index (χ0) is 15.7. The molecule has 0 saturated heterocycles. The number of carboxylic acids is 1. The van der Waals surface area contributed by atoms with Crippen LogP contribution in [0.5, 0.6) is 0 Å². The molecule has 0 heterocycles. The summed E-state index contributed by atoms with van der Waals surface area (Å²) in [5, 5.41) is 8.61. The zero-order valence-electron chi connectivity index (χ0n) is 12.4. The van der Waals surface area contributed by atoms with E-state index in [4.69, 9.17) is 9.84 Å². The Morgan fingerprint density at radius 2 is 2.14 bits per heavy atom. The Kier molecular flexibility index (Phi) is 7.18. The van der Waals surface area contributed by atoms with Gasteiger partial charge in [0.25, 0.3) is 0 Å². The van der Waals surface area contributed by atoms with Crippen LogP contribution in [0.25, 0.3) is 6.08 Å². The van der Waals surface area contributed by atoms with Gasteiger partial charge in [-0.25, -0.2) is 4.79 Å². The van der Waals surface area contributed by atoms with E-state index in [9.17, 15) is 9.59 Å². The monoisotopic (exact) mass is 291 g/mol. The largest absolute Gasteiger partial charge is 0.478 e. The summed E-state index contributed by atoms with van der Waals surface area (Å²) >= 11 is 0. The molecule has 1 aromatic carbocycles. The third-order valence-corrected chi connectivity index (χ3v) is 2.88. The van der Waals surface area contributed by atoms with Gasteiger partial charge >= 0.3 is 5.97 Å². The van der Waals surface area contributed by atoms with Gasteiger partial charge in [0.1, 0.15) is 0 Å². The fourth-order valence-electron chi connectivity index (χ4n) is 1.82. The number of carbonyl (C=O) groups is 2. The van der Waals surface area contributed by atoms with Crippen molar-refractivity contribution < 1.29 is 19.4 Å². The smallest absolute Gasteiger partial charge is 0.328 e. The quantitative estimate of drug-likeness (QED) is 0.589. The van der Waals surface area contributed by atoms with Gasteiger partial charge in [-0.15, -0.1) is 0 Å². The minimum absolute atomic E-state index is 0.0231. The third-order valence-electron chi connectivity index (χ3n) is 2.88. The molecule has 0 spiro atoms. The highest BCUT2D eigenvalue weighted by atomic mass is 16.5. The van der Waals surface area contributed by atoms with Crippen LogP contribution in [0.4, 0.5) is 0 Å². The molecule has 0 unspecified atom stereocenters. The molecule has 0 fully saturated rings. The summed E-state index contributed by atoms with van der Waals surface area (Å²) in [7, 11) is 1.74. The van der Waals surface area contributed by atoms with Crippen LogP contribution >= 0.6 is 0 Å². The number of hydrogen-bond acceptors (Lipinski definition) is 3. The molecule has 1 N–H and O–H groups in total. The molecule has 1 aromatic rings. The van der Waals surface area contributed by atoms with Crippen LogP contribution in [-0.4, -0.2) is 42.1 Å². The molecule has 0 radical (unpaired) electrons. The van der Waals surface area contributed by atoms with Gasteiger partial charge in [0.05, 0.1) is 13.0 Å². The summed E-state index contributed by atoms with van der Waals surface area (Å²) < 4.78 is 5.17. The van der Waals surface area contributed by atoms with Gasteiger partial charge in [0.15, 0.2) is 0 Å². The summed E-state index contributed by atoms with van der Waals surface area (Å²) in [6.45, 7) is 3.42. The predicted molar refractivity (Wildman–Crippen MR) is 80.7 cm³/mol. The van der Waals surface area contributed by atoms with Crippen molar-refractivity contribution in [1.29, 1.82) is 0 Å². The second-order valence-corrected chi connectivity index (χ2v) is 4.61. The summed E-state index contributed by atoms with van der Waals surface area (Å²) in [6, 6.07) is 7.44. The van der Waals surface area contributed by atoms with E-state index in [-0.39, 0.29) is 5.91 Å². The first-order chi connectivity index (χ1) is 10.0. The molecule has 0 aliphatic carbocycles. The number of carbonyl (C=O) groups excluding carboxylic acids is 1. The molecule has 0 atom stereocenters. The van der Waals surface area contributed by atoms with Crippen molar-refractivity contribution in [3.8, 4) is 0 Å². The summed E-state index contributed by atoms with van der Waals surface area (Å²) in [5.74, 6) is -0.960. The average Bonchev–Trinajstić information content (AvgIpc) is 2.45. The highest BCUT2D eigenvalue weighted by Crippen LogP contribution is 2.10. The molecule has 1 amide bonds. The Morgan fingerprint density at radius 1 is 1.38 bits per heavy atom. The van der Waals surface area contributed by atoms with Crippen molar-refractivity contribution in [2.45, 2.75) is 19.9 Å². The first-order valence-electron chi connectivity index (χ1n) is 6.84. The van der Waals surface area contributed by atoms with Crippen molar-refractivity contribution in [2.75, 3.05) is 20.3 Å². The van der Waals surface area contributed by atoms with E-state index < -0.39 is 5.97 Å². The molecule has 0 aliphatic rings. The summed E-state index contributed by atoms with van der Waals surface area (Å²) in [5.41, 5.74) is 1.75. The van der Waals surface area contributed by atoms with Gasteiger partial charge in [0.2, 0.25) is 5.91 Å². The lowest BCUT2D eigenvalue weighted by atomic mass is 10.1. The van der Waals surface area contributed by atoms with Crippen molar-refractivity contribution in [2.24, 2.45) is 0 Å². The lowest BCUT2D eigenvalue weighted by Crippen LogP contribution is -2.27. The van der Waals surface area contributed by atoms with Gasteiger partial charge in [-0.1, -0.05) is 18.2 Å². The maximum atomic E-state index is 11.9. The van der Waals surface area contributed by atoms with Crippen molar-refractivity contribution in [1.82, 2.24) is 4.90 Å². The number of carboxylic acid groups (broad SMARTS) is 1. The van der Waals surface area contributed by atoms with Gasteiger partial charge in [0, 0.05) is 26.3 Å². The Bertz CT molecular complexity index is 511. The van der Waals surface area contributed by atoms with E-state index in [2.05, 4.69) is 0 Å². The molecule has 1 rings (SSSR count). The fraction of sp³-hybridized carbons (Fsp3) is 0.375. The highest BCUT2D eigenvalue weighted by Gasteiger charge is 2.09. The molecule has 0 saturated carbocycles. The van der Waals surface area contributed by atoms with Crippen LogP contribution in [0.3, 0.4) is 0 Å². The summed E-state index contributed by atoms with van der Waals surface area (Å²) in [6.07, 6.45) is 2.99. The lowest BCUT2D eigenvalue weighted by molar-refractivity contribution is -0.132. The van der Waals surface area contributed by atoms with Crippen LogP contribution < -0.4 is 0 Å². The Labute approximate surface area is 124 Å². The van der Waals surface area contributed by atoms with Crippen LogP contribution in [0.1, 0.15) is 24.5 Å². The van der Waals surface area contributed by atoms with E-state index in [0.29, 0.717) is 26.2 Å². The van der Waals surface area contributed by atoms with Crippen LogP contribution in [0.2, 0.25) is 0 Å². The maximum absolute atomic E-state index is 11.9. The van der Waals surface area contributed by atoms with Gasteiger partial charge in [-0.2, -0.15) is 0 Å². The van der Waals surface area contributed by atoms with E-state index in [0.717, 1.165) is 17.2 Å². The standard InChI is InChI=1S/C16H21NO4/c1-3-21-10-9-15(18)17(2)12-14-6-4-5-13(11-14)7-8-16(19)20/h4-8,11H,3,9-10,12H2,1-2H3,(H,19,20). The minimum atomic E-state index is -0.983. The Balaban J connectivity index is 2.59. The summed E-state index contributed by atoms with van der Waals surface area (Å²) in [4.78, 5) is 24.0. The average molecular weight is 291 g/mol. The normalized spacial score (nSPS) is 10.8. The van der Waals surface area contributed by atoms with Crippen molar-refractivity contribution in [3.63, 3.8) is 0 Å². The maximum Gasteiger partial charge on any atom is 0.328 e. The zero-order valence-corrected chi connectivity index (χ0v) is 12.4. The third kappa shape index (κ3) is 6.72. The lowest BCUT2D eigenvalue weighted by Gasteiger charge is -2.17. The number of benzene rings is 1. The van der Waals surface area contributed by atoms with E-state index in [1.165, 1.54) is 6.08 Å². The number of ether oxygens (including phenoxy) is 1. The van der Waals surface area contributed by atoms with Crippen LogP contribution in [-0.2, 0) is 20.9 Å². The van der Waals surface area contributed by atoms with E-state index >= 15 is 0 Å². The minimum Gasteiger partial charge on any atom is -0.478 e. The van der Waals surface area contributed by atoms with Crippen LogP contribution in [0, 0.1) is 0 Å². The molecule has 5 nitrogen and oxygen atoms in total. The van der Waals surface area contributed by atoms with Gasteiger partial charge in [-0.05, 0) is 30.2 Å². The Hall–Kier alpha value is -2.14. The first-order valence-corrected chi connectivity index (χ1v) is 6.84. The van der Waals surface area contributed by atoms with Crippen molar-refractivity contribution in [3.05, 3.63) is 41.5 Å². The molecule has 21 heavy (non-hydrogen) atoms. The number of rotatable bonds is 8. The number of aliphatic carboxylic acids is 1. The second kappa shape index (κ2) is 8.92. The molecule has 0 aliphatic heterocycles. The molecular weight excluding hydrogens is 270 g/mol.